The smallest absolute Gasteiger partial charge is 0.0327 e. The van der Waals surface area contributed by atoms with Gasteiger partial charge in [-0.15, -0.1) is 24.4 Å². The zero-order valence-corrected chi connectivity index (χ0v) is 12.7. The molecule has 0 saturated heterocycles. The summed E-state index contributed by atoms with van der Waals surface area (Å²) in [5.41, 5.74) is 3.66. The molecule has 0 fully saturated rings. The van der Waals surface area contributed by atoms with Gasteiger partial charge in [-0.25, -0.2) is 0 Å². The summed E-state index contributed by atoms with van der Waals surface area (Å²) >= 11 is 6.41. The number of allylic oxidation sites excluding steroid dienone is 3. The third-order valence-corrected chi connectivity index (χ3v) is 5.95. The largest absolute Gasteiger partial charge is 0.137 e. The number of thioether (sulfide) groups is 1. The lowest BCUT2D eigenvalue weighted by Crippen LogP contribution is -2.22. The van der Waals surface area contributed by atoms with Crippen molar-refractivity contribution in [1.29, 1.82) is 0 Å². The molecule has 0 saturated carbocycles. The molecule has 2 aliphatic carbocycles. The summed E-state index contributed by atoms with van der Waals surface area (Å²) < 4.78 is 1.18. The molecule has 2 atom stereocenters. The van der Waals surface area contributed by atoms with Crippen LogP contribution in [-0.4, -0.2) is 5.75 Å². The zero-order chi connectivity index (χ0) is 12.3. The summed E-state index contributed by atoms with van der Waals surface area (Å²) in [5.74, 6) is 2.92. The van der Waals surface area contributed by atoms with Crippen molar-refractivity contribution in [3.8, 4) is 0 Å². The van der Waals surface area contributed by atoms with Crippen molar-refractivity contribution in [2.24, 2.45) is 11.8 Å². The Morgan fingerprint density at radius 1 is 1.35 bits per heavy atom. The van der Waals surface area contributed by atoms with E-state index in [0.717, 1.165) is 11.8 Å². The van der Waals surface area contributed by atoms with Crippen molar-refractivity contribution in [2.75, 3.05) is 5.75 Å². The first-order chi connectivity index (χ1) is 8.22. The van der Waals surface area contributed by atoms with E-state index in [1.54, 1.807) is 0 Å². The average Bonchev–Trinajstić information content (AvgIpc) is 2.36. The van der Waals surface area contributed by atoms with Gasteiger partial charge in [0.1, 0.15) is 0 Å². The molecule has 2 unspecified atom stereocenters. The SMILES string of the molecule is CC=C(S)SCC1CCCC2=C1C(C)CCC2. The van der Waals surface area contributed by atoms with Crippen LogP contribution >= 0.6 is 24.4 Å². The second-order valence-corrected chi connectivity index (χ2v) is 7.23. The van der Waals surface area contributed by atoms with E-state index in [4.69, 9.17) is 0 Å². The minimum Gasteiger partial charge on any atom is -0.137 e. The van der Waals surface area contributed by atoms with Gasteiger partial charge in [0.05, 0.1) is 0 Å². The van der Waals surface area contributed by atoms with Gasteiger partial charge < -0.3 is 0 Å². The van der Waals surface area contributed by atoms with Crippen molar-refractivity contribution in [2.45, 2.75) is 52.4 Å². The van der Waals surface area contributed by atoms with Crippen LogP contribution in [0.1, 0.15) is 52.4 Å². The van der Waals surface area contributed by atoms with Gasteiger partial charge in [0, 0.05) is 9.99 Å². The molecule has 0 aromatic carbocycles. The van der Waals surface area contributed by atoms with Crippen LogP contribution in [0.25, 0.3) is 0 Å². The van der Waals surface area contributed by atoms with Gasteiger partial charge in [0.15, 0.2) is 0 Å². The summed E-state index contributed by atoms with van der Waals surface area (Å²) in [7, 11) is 0. The molecule has 0 spiro atoms. The standard InChI is InChI=1S/C15H24S2/c1-3-14(16)17-10-13-9-5-8-12-7-4-6-11(2)15(12)13/h3,11,13,16H,4-10H2,1-2H3. The number of hydrogen-bond acceptors (Lipinski definition) is 2. The third kappa shape index (κ3) is 3.35. The molecule has 0 aliphatic heterocycles. The van der Waals surface area contributed by atoms with Crippen molar-refractivity contribution in [3.05, 3.63) is 21.5 Å². The van der Waals surface area contributed by atoms with Crippen LogP contribution in [0.5, 0.6) is 0 Å². The highest BCUT2D eigenvalue weighted by Crippen LogP contribution is 2.43. The Morgan fingerprint density at radius 3 is 2.76 bits per heavy atom. The average molecular weight is 268 g/mol. The van der Waals surface area contributed by atoms with Crippen LogP contribution in [-0.2, 0) is 0 Å². The summed E-state index contributed by atoms with van der Waals surface area (Å²) in [6.45, 7) is 4.51. The highest BCUT2D eigenvalue weighted by Gasteiger charge is 2.29. The van der Waals surface area contributed by atoms with E-state index in [9.17, 15) is 0 Å². The number of rotatable bonds is 3. The fraction of sp³-hybridized carbons (Fsp3) is 0.733. The molecule has 96 valence electrons. The zero-order valence-electron chi connectivity index (χ0n) is 11.0. The molecule has 17 heavy (non-hydrogen) atoms. The van der Waals surface area contributed by atoms with Crippen LogP contribution in [0.4, 0.5) is 0 Å². The quantitative estimate of drug-likeness (QED) is 0.526. The first-order valence-corrected chi connectivity index (χ1v) is 8.35. The monoisotopic (exact) mass is 268 g/mol. The Bertz CT molecular complexity index is 324. The molecule has 0 nitrogen and oxygen atoms in total. The lowest BCUT2D eigenvalue weighted by Gasteiger charge is -2.36. The topological polar surface area (TPSA) is 0 Å². The predicted octanol–water partition coefficient (Wildman–Crippen LogP) is 5.43. The fourth-order valence-corrected chi connectivity index (χ4v) is 4.50. The van der Waals surface area contributed by atoms with Gasteiger partial charge in [-0.05, 0) is 57.3 Å². The van der Waals surface area contributed by atoms with Crippen molar-refractivity contribution < 1.29 is 0 Å². The molecule has 0 amide bonds. The van der Waals surface area contributed by atoms with E-state index in [1.165, 1.54) is 48.5 Å². The normalized spacial score (nSPS) is 30.4. The van der Waals surface area contributed by atoms with E-state index in [0.29, 0.717) is 0 Å². The molecular weight excluding hydrogens is 244 g/mol. The second kappa shape index (κ2) is 6.38. The predicted molar refractivity (Wildman–Crippen MR) is 82.6 cm³/mol. The number of hydrogen-bond donors (Lipinski definition) is 1. The van der Waals surface area contributed by atoms with Gasteiger partial charge in [0.25, 0.3) is 0 Å². The van der Waals surface area contributed by atoms with Gasteiger partial charge in [-0.1, -0.05) is 24.1 Å². The maximum atomic E-state index is 4.48. The van der Waals surface area contributed by atoms with Crippen molar-refractivity contribution in [3.63, 3.8) is 0 Å². The van der Waals surface area contributed by atoms with Gasteiger partial charge in [0.2, 0.25) is 0 Å². The molecule has 0 N–H and O–H groups in total. The summed E-state index contributed by atoms with van der Waals surface area (Å²) in [6, 6.07) is 0. The van der Waals surface area contributed by atoms with E-state index >= 15 is 0 Å². The summed E-state index contributed by atoms with van der Waals surface area (Å²) in [6.07, 6.45) is 10.5. The Labute approximate surface area is 116 Å². The molecule has 2 rings (SSSR count). The van der Waals surface area contributed by atoms with Crippen LogP contribution < -0.4 is 0 Å². The Kier molecular flexibility index (Phi) is 5.10. The summed E-state index contributed by atoms with van der Waals surface area (Å²) in [5, 5.41) is 0. The van der Waals surface area contributed by atoms with Crippen LogP contribution in [0, 0.1) is 11.8 Å². The minimum atomic E-state index is 0.834. The maximum Gasteiger partial charge on any atom is 0.0327 e. The van der Waals surface area contributed by atoms with Gasteiger partial charge >= 0.3 is 0 Å². The third-order valence-electron chi connectivity index (χ3n) is 4.21. The molecule has 0 heterocycles. The van der Waals surface area contributed by atoms with Crippen molar-refractivity contribution >= 4 is 24.4 Å². The molecule has 2 heteroatoms. The van der Waals surface area contributed by atoms with Crippen LogP contribution in [0.2, 0.25) is 0 Å². The van der Waals surface area contributed by atoms with Crippen molar-refractivity contribution in [1.82, 2.24) is 0 Å². The van der Waals surface area contributed by atoms with E-state index < -0.39 is 0 Å². The van der Waals surface area contributed by atoms with Crippen LogP contribution in [0.3, 0.4) is 0 Å². The van der Waals surface area contributed by atoms with Crippen LogP contribution in [0.15, 0.2) is 21.5 Å². The lowest BCUT2D eigenvalue weighted by atomic mass is 9.72. The molecule has 0 aromatic rings. The van der Waals surface area contributed by atoms with Gasteiger partial charge in [-0.2, -0.15) is 0 Å². The van der Waals surface area contributed by atoms with Gasteiger partial charge in [-0.3, -0.25) is 0 Å². The number of thiol groups is 1. The highest BCUT2D eigenvalue weighted by atomic mass is 32.2. The molecular formula is C15H24S2. The van der Waals surface area contributed by atoms with E-state index in [2.05, 4.69) is 32.6 Å². The first kappa shape index (κ1) is 13.6. The van der Waals surface area contributed by atoms with E-state index in [-0.39, 0.29) is 0 Å². The minimum absolute atomic E-state index is 0.834. The summed E-state index contributed by atoms with van der Waals surface area (Å²) in [4.78, 5) is 0. The Balaban J connectivity index is 2.06. The first-order valence-electron chi connectivity index (χ1n) is 6.92. The molecule has 2 aliphatic rings. The molecule has 0 aromatic heterocycles. The Hall–Kier alpha value is 0.180. The second-order valence-electron chi connectivity index (χ2n) is 5.38. The fourth-order valence-electron chi connectivity index (χ4n) is 3.39. The molecule has 0 bridgehead atoms. The Morgan fingerprint density at radius 2 is 2.06 bits per heavy atom. The molecule has 0 radical (unpaired) electrons. The maximum absolute atomic E-state index is 4.48. The highest BCUT2D eigenvalue weighted by molar-refractivity contribution is 8.15. The van der Waals surface area contributed by atoms with E-state index in [1.807, 2.05) is 22.9 Å². The lowest BCUT2D eigenvalue weighted by molar-refractivity contribution is 0.412.